The number of benzene rings is 2. The van der Waals surface area contributed by atoms with E-state index < -0.39 is 6.09 Å². The van der Waals surface area contributed by atoms with Crippen molar-refractivity contribution in [2.24, 2.45) is 0 Å². The van der Waals surface area contributed by atoms with Crippen LogP contribution in [0, 0.1) is 11.3 Å². The topological polar surface area (TPSA) is 102 Å². The van der Waals surface area contributed by atoms with E-state index in [1.165, 1.54) is 18.4 Å². The number of hydrogen-bond donors (Lipinski definition) is 3. The average molecular weight is 320 g/mol. The number of fused-ring (bicyclic) bond motifs is 1. The number of nitrogens with zero attached hydrogens (tertiary/aromatic N) is 2. The average Bonchev–Trinajstić information content (AvgIpc) is 3.36. The molecule has 4 rings (SSSR count). The molecule has 0 bridgehead atoms. The lowest BCUT2D eigenvalue weighted by Gasteiger charge is -1.92. The Hall–Kier alpha value is -3.33. The molecule has 0 aliphatic heterocycles. The Morgan fingerprint density at radius 1 is 1.25 bits per heavy atom. The van der Waals surface area contributed by atoms with Gasteiger partial charge in [-0.1, -0.05) is 30.3 Å². The molecule has 1 amide bonds. The maximum atomic E-state index is 10.3. The normalized spacial score (nSPS) is 12.8. The second kappa shape index (κ2) is 6.84. The number of rotatable bonds is 2. The molecular weight excluding hydrogens is 304 g/mol. The number of aromatic amines is 1. The Labute approximate surface area is 138 Å². The molecule has 120 valence electrons. The predicted molar refractivity (Wildman–Crippen MR) is 90.9 cm³/mol. The molecular formula is C18H16N4O2. The van der Waals surface area contributed by atoms with E-state index >= 15 is 0 Å². The lowest BCUT2D eigenvalue weighted by Crippen LogP contribution is -2.08. The molecule has 0 spiro atoms. The van der Waals surface area contributed by atoms with Gasteiger partial charge >= 0.3 is 6.09 Å². The minimum absolute atomic E-state index is 0.146. The third-order valence-electron chi connectivity index (χ3n) is 3.68. The first-order valence-electron chi connectivity index (χ1n) is 7.60. The van der Waals surface area contributed by atoms with Crippen LogP contribution in [-0.4, -0.2) is 21.2 Å². The van der Waals surface area contributed by atoms with Crippen LogP contribution in [0.2, 0.25) is 0 Å². The van der Waals surface area contributed by atoms with Gasteiger partial charge in [-0.2, -0.15) is 5.26 Å². The van der Waals surface area contributed by atoms with Crippen molar-refractivity contribution in [3.05, 3.63) is 59.7 Å². The van der Waals surface area contributed by atoms with Crippen molar-refractivity contribution in [2.45, 2.75) is 18.8 Å². The Balaban J connectivity index is 0.000000159. The molecule has 0 unspecified atom stereocenters. The number of H-pyrrole nitrogens is 1. The van der Waals surface area contributed by atoms with Crippen molar-refractivity contribution in [3.8, 4) is 6.07 Å². The highest BCUT2D eigenvalue weighted by molar-refractivity contribution is 5.85. The van der Waals surface area contributed by atoms with Gasteiger partial charge in [0.25, 0.3) is 0 Å². The van der Waals surface area contributed by atoms with Crippen LogP contribution in [0.25, 0.3) is 11.0 Å². The largest absolute Gasteiger partial charge is 0.465 e. The molecule has 3 N–H and O–H groups in total. The van der Waals surface area contributed by atoms with E-state index in [0.29, 0.717) is 16.6 Å². The highest BCUT2D eigenvalue weighted by Gasteiger charge is 2.22. The predicted octanol–water partition coefficient (Wildman–Crippen LogP) is 4.09. The highest BCUT2D eigenvalue weighted by atomic mass is 16.4. The van der Waals surface area contributed by atoms with Gasteiger partial charge in [-0.25, -0.2) is 9.78 Å². The van der Waals surface area contributed by atoms with Gasteiger partial charge in [0, 0.05) is 0 Å². The smallest absolute Gasteiger partial charge is 0.411 e. The van der Waals surface area contributed by atoms with Gasteiger partial charge < -0.3 is 10.1 Å². The first-order valence-corrected chi connectivity index (χ1v) is 7.60. The molecule has 6 nitrogen and oxygen atoms in total. The second-order valence-corrected chi connectivity index (χ2v) is 5.54. The fourth-order valence-electron chi connectivity index (χ4n) is 2.38. The fourth-order valence-corrected chi connectivity index (χ4v) is 2.38. The molecule has 6 heteroatoms. The SMILES string of the molecule is N#Cc1ccc2nc(NC(=O)O)[nH]c2c1.c1ccc(C2CC2)cc1. The van der Waals surface area contributed by atoms with Crippen LogP contribution < -0.4 is 5.32 Å². The van der Waals surface area contributed by atoms with Crippen molar-refractivity contribution in [1.82, 2.24) is 9.97 Å². The van der Waals surface area contributed by atoms with Crippen molar-refractivity contribution >= 4 is 23.1 Å². The van der Waals surface area contributed by atoms with Gasteiger partial charge in [0.15, 0.2) is 0 Å². The van der Waals surface area contributed by atoms with Gasteiger partial charge in [0.2, 0.25) is 5.95 Å². The van der Waals surface area contributed by atoms with Gasteiger partial charge in [-0.05, 0) is 42.5 Å². The molecule has 1 aliphatic carbocycles. The Morgan fingerprint density at radius 2 is 2.00 bits per heavy atom. The van der Waals surface area contributed by atoms with E-state index in [-0.39, 0.29) is 5.95 Å². The maximum absolute atomic E-state index is 10.3. The summed E-state index contributed by atoms with van der Waals surface area (Å²) in [6, 6.07) is 17.6. The number of nitriles is 1. The van der Waals surface area contributed by atoms with Crippen LogP contribution in [0.5, 0.6) is 0 Å². The van der Waals surface area contributed by atoms with E-state index in [9.17, 15) is 4.79 Å². The number of imidazole rings is 1. The molecule has 0 radical (unpaired) electrons. The summed E-state index contributed by atoms with van der Waals surface area (Å²) in [5, 5.41) is 19.2. The summed E-state index contributed by atoms with van der Waals surface area (Å²) in [7, 11) is 0. The number of aromatic nitrogens is 2. The molecule has 2 aromatic carbocycles. The van der Waals surface area contributed by atoms with Gasteiger partial charge in [0.1, 0.15) is 0 Å². The minimum atomic E-state index is -1.19. The summed E-state index contributed by atoms with van der Waals surface area (Å²) in [6.45, 7) is 0. The zero-order valence-electron chi connectivity index (χ0n) is 12.9. The van der Waals surface area contributed by atoms with Crippen LogP contribution in [0.1, 0.15) is 29.9 Å². The fraction of sp³-hybridized carbons (Fsp3) is 0.167. The Kier molecular flexibility index (Phi) is 4.43. The zero-order chi connectivity index (χ0) is 16.9. The summed E-state index contributed by atoms with van der Waals surface area (Å²) in [4.78, 5) is 17.1. The summed E-state index contributed by atoms with van der Waals surface area (Å²) >= 11 is 0. The van der Waals surface area contributed by atoms with E-state index in [2.05, 4.69) is 45.6 Å². The maximum Gasteiger partial charge on any atom is 0.411 e. The van der Waals surface area contributed by atoms with Gasteiger partial charge in [-0.3, -0.25) is 5.32 Å². The number of nitrogens with one attached hydrogen (secondary N) is 2. The molecule has 0 atom stereocenters. The van der Waals surface area contributed by atoms with E-state index in [1.807, 2.05) is 6.07 Å². The lowest BCUT2D eigenvalue weighted by atomic mass is 10.1. The van der Waals surface area contributed by atoms with Crippen LogP contribution in [0.3, 0.4) is 0 Å². The Morgan fingerprint density at radius 3 is 2.62 bits per heavy atom. The third kappa shape index (κ3) is 3.90. The van der Waals surface area contributed by atoms with E-state index in [0.717, 1.165) is 5.92 Å². The molecule has 1 fully saturated rings. The molecule has 0 saturated heterocycles. The van der Waals surface area contributed by atoms with Crippen molar-refractivity contribution in [1.29, 1.82) is 5.26 Å². The Bertz CT molecular complexity index is 892. The molecule has 3 aromatic rings. The quantitative estimate of drug-likeness (QED) is 0.662. The van der Waals surface area contributed by atoms with Crippen LogP contribution in [0.4, 0.5) is 10.7 Å². The van der Waals surface area contributed by atoms with E-state index in [1.54, 1.807) is 18.2 Å². The molecule has 24 heavy (non-hydrogen) atoms. The number of hydrogen-bond acceptors (Lipinski definition) is 3. The van der Waals surface area contributed by atoms with Crippen LogP contribution in [-0.2, 0) is 0 Å². The first kappa shape index (κ1) is 15.6. The van der Waals surface area contributed by atoms with Crippen molar-refractivity contribution < 1.29 is 9.90 Å². The monoisotopic (exact) mass is 320 g/mol. The first-order chi connectivity index (χ1) is 11.7. The molecule has 1 saturated carbocycles. The zero-order valence-corrected chi connectivity index (χ0v) is 12.9. The third-order valence-corrected chi connectivity index (χ3v) is 3.68. The van der Waals surface area contributed by atoms with Gasteiger partial charge in [-0.15, -0.1) is 0 Å². The van der Waals surface area contributed by atoms with Crippen LogP contribution >= 0.6 is 0 Å². The lowest BCUT2D eigenvalue weighted by molar-refractivity contribution is 0.209. The summed E-state index contributed by atoms with van der Waals surface area (Å²) in [6.07, 6.45) is 1.63. The number of amides is 1. The standard InChI is InChI=1S/C9H6N4O2.C9H10/c10-4-5-1-2-6-7(3-5)12-8(11-6)13-9(14)15;1-2-4-8(5-3-1)9-6-7-9/h1-3H,(H,14,15)(H2,11,12,13);1-5,9H,6-7H2. The summed E-state index contributed by atoms with van der Waals surface area (Å²) < 4.78 is 0. The summed E-state index contributed by atoms with van der Waals surface area (Å²) in [5.41, 5.74) is 3.25. The molecule has 1 aliphatic rings. The second-order valence-electron chi connectivity index (χ2n) is 5.54. The molecule has 1 heterocycles. The highest BCUT2D eigenvalue weighted by Crippen LogP contribution is 2.39. The number of carboxylic acid groups (broad SMARTS) is 1. The number of anilines is 1. The number of carbonyl (C=O) groups is 1. The summed E-state index contributed by atoms with van der Waals surface area (Å²) in [5.74, 6) is 1.05. The van der Waals surface area contributed by atoms with Crippen LogP contribution in [0.15, 0.2) is 48.5 Å². The van der Waals surface area contributed by atoms with Gasteiger partial charge in [0.05, 0.1) is 22.7 Å². The van der Waals surface area contributed by atoms with E-state index in [4.69, 9.17) is 10.4 Å². The minimum Gasteiger partial charge on any atom is -0.465 e. The molecule has 1 aromatic heterocycles. The van der Waals surface area contributed by atoms with Crippen molar-refractivity contribution in [3.63, 3.8) is 0 Å². The van der Waals surface area contributed by atoms with Crippen molar-refractivity contribution in [2.75, 3.05) is 5.32 Å².